The second-order valence-electron chi connectivity index (χ2n) is 6.78. The largest absolute Gasteiger partial charge is 0.416 e. The van der Waals surface area contributed by atoms with Crippen LogP contribution < -0.4 is 4.74 Å². The predicted molar refractivity (Wildman–Crippen MR) is 94.9 cm³/mol. The molecule has 132 valence electrons. The van der Waals surface area contributed by atoms with Crippen molar-refractivity contribution < 1.29 is 14.3 Å². The Kier molecular flexibility index (Phi) is 4.31. The lowest BCUT2D eigenvalue weighted by Crippen LogP contribution is -2.45. The van der Waals surface area contributed by atoms with Crippen LogP contribution in [0.4, 0.5) is 4.79 Å². The number of carbonyl (C=O) groups excluding carboxylic acids is 1. The van der Waals surface area contributed by atoms with E-state index in [9.17, 15) is 4.79 Å². The van der Waals surface area contributed by atoms with Gasteiger partial charge < -0.3 is 14.4 Å². The molecule has 6 heteroatoms. The zero-order chi connectivity index (χ0) is 17.4. The van der Waals surface area contributed by atoms with Gasteiger partial charge in [0.2, 0.25) is 5.88 Å². The summed E-state index contributed by atoms with van der Waals surface area (Å²) in [6.45, 7) is 9.54. The van der Waals surface area contributed by atoms with Crippen LogP contribution in [0.2, 0.25) is 0 Å². The summed E-state index contributed by atoms with van der Waals surface area (Å²) in [4.78, 5) is 21.0. The van der Waals surface area contributed by atoms with Gasteiger partial charge in [-0.2, -0.15) is 0 Å². The number of pyridine rings is 1. The molecule has 2 aliphatic heterocycles. The maximum Gasteiger partial charge on any atom is 0.416 e. The number of aryl methyl sites for hydroxylation is 2. The maximum atomic E-state index is 12.3. The molecule has 0 saturated carbocycles. The van der Waals surface area contributed by atoms with Gasteiger partial charge >= 0.3 is 6.09 Å². The van der Waals surface area contributed by atoms with Gasteiger partial charge in [0.1, 0.15) is 0 Å². The summed E-state index contributed by atoms with van der Waals surface area (Å²) in [7, 11) is 0. The molecule has 6 nitrogen and oxygen atoms in total. The molecule has 0 spiro atoms. The second kappa shape index (κ2) is 6.61. The number of benzene rings is 1. The van der Waals surface area contributed by atoms with E-state index in [1.165, 1.54) is 5.56 Å². The number of carbonyl (C=O) groups is 1. The Morgan fingerprint density at radius 2 is 1.96 bits per heavy atom. The molecule has 0 aliphatic carbocycles. The van der Waals surface area contributed by atoms with Gasteiger partial charge in [-0.25, -0.2) is 9.78 Å². The van der Waals surface area contributed by atoms with Crippen molar-refractivity contribution >= 4 is 17.0 Å². The molecule has 1 saturated heterocycles. The summed E-state index contributed by atoms with van der Waals surface area (Å²) in [5.74, 6) is 0.453. The standard InChI is InChI=1S/C19H23N3O3/c1-13-3-4-15-11-16-12-22(6-5-21-7-9-24-10-8-21)19(23)25-18(16)20-17(15)14(13)2/h3-4,11H,5-10,12H2,1-2H3. The van der Waals surface area contributed by atoms with Crippen LogP contribution >= 0.6 is 0 Å². The molecular weight excluding hydrogens is 318 g/mol. The van der Waals surface area contributed by atoms with Crippen LogP contribution in [0.1, 0.15) is 16.7 Å². The highest BCUT2D eigenvalue weighted by Crippen LogP contribution is 2.30. The number of aromatic nitrogens is 1. The highest BCUT2D eigenvalue weighted by molar-refractivity contribution is 5.85. The van der Waals surface area contributed by atoms with Crippen LogP contribution in [0, 0.1) is 13.8 Å². The summed E-state index contributed by atoms with van der Waals surface area (Å²) in [5.41, 5.74) is 4.20. The average Bonchev–Trinajstić information content (AvgIpc) is 2.63. The Labute approximate surface area is 147 Å². The number of ether oxygens (including phenoxy) is 2. The topological polar surface area (TPSA) is 54.9 Å². The van der Waals surface area contributed by atoms with Crippen LogP contribution in [0.3, 0.4) is 0 Å². The van der Waals surface area contributed by atoms with Gasteiger partial charge in [-0.15, -0.1) is 0 Å². The van der Waals surface area contributed by atoms with E-state index in [2.05, 4.69) is 41.9 Å². The normalized spacial score (nSPS) is 18.3. The van der Waals surface area contributed by atoms with Gasteiger partial charge in [0.05, 0.1) is 25.3 Å². The molecule has 1 fully saturated rings. The lowest BCUT2D eigenvalue weighted by atomic mass is 10.0. The third-order valence-corrected chi connectivity index (χ3v) is 5.14. The number of amides is 1. The summed E-state index contributed by atoms with van der Waals surface area (Å²) >= 11 is 0. The lowest BCUT2D eigenvalue weighted by Gasteiger charge is -2.31. The highest BCUT2D eigenvalue weighted by atomic mass is 16.6. The molecule has 2 aromatic rings. The second-order valence-corrected chi connectivity index (χ2v) is 6.78. The van der Waals surface area contributed by atoms with Crippen molar-refractivity contribution in [1.29, 1.82) is 0 Å². The zero-order valence-electron chi connectivity index (χ0n) is 14.7. The fourth-order valence-electron chi connectivity index (χ4n) is 3.39. The van der Waals surface area contributed by atoms with Crippen LogP contribution in [0.15, 0.2) is 18.2 Å². The third kappa shape index (κ3) is 3.19. The van der Waals surface area contributed by atoms with Crippen molar-refractivity contribution in [2.24, 2.45) is 0 Å². The number of rotatable bonds is 3. The lowest BCUT2D eigenvalue weighted by molar-refractivity contribution is 0.0328. The molecule has 4 rings (SSSR count). The molecule has 1 aromatic heterocycles. The smallest absolute Gasteiger partial charge is 0.391 e. The Hall–Kier alpha value is -2.18. The first-order valence-corrected chi connectivity index (χ1v) is 8.78. The number of hydrogen-bond donors (Lipinski definition) is 0. The van der Waals surface area contributed by atoms with Gasteiger partial charge in [-0.05, 0) is 31.0 Å². The third-order valence-electron chi connectivity index (χ3n) is 5.14. The van der Waals surface area contributed by atoms with Crippen LogP contribution in [-0.2, 0) is 11.3 Å². The van der Waals surface area contributed by atoms with E-state index in [4.69, 9.17) is 9.47 Å². The maximum absolute atomic E-state index is 12.3. The summed E-state index contributed by atoms with van der Waals surface area (Å²) in [6, 6.07) is 6.29. The first-order valence-electron chi connectivity index (χ1n) is 8.78. The van der Waals surface area contributed by atoms with Crippen LogP contribution in [0.25, 0.3) is 10.9 Å². The van der Waals surface area contributed by atoms with Gasteiger partial charge in [-0.3, -0.25) is 4.90 Å². The summed E-state index contributed by atoms with van der Waals surface area (Å²) in [6.07, 6.45) is -0.307. The van der Waals surface area contributed by atoms with Gasteiger partial charge in [0.25, 0.3) is 0 Å². The number of nitrogens with zero attached hydrogens (tertiary/aromatic N) is 3. The fraction of sp³-hybridized carbons (Fsp3) is 0.474. The van der Waals surface area contributed by atoms with Gasteiger partial charge in [-0.1, -0.05) is 12.1 Å². The first-order chi connectivity index (χ1) is 12.1. The van der Waals surface area contributed by atoms with E-state index < -0.39 is 0 Å². The molecular formula is C19H23N3O3. The van der Waals surface area contributed by atoms with E-state index in [-0.39, 0.29) is 6.09 Å². The molecule has 2 aliphatic rings. The van der Waals surface area contributed by atoms with Crippen molar-refractivity contribution in [2.75, 3.05) is 39.4 Å². The Morgan fingerprint density at radius 3 is 2.76 bits per heavy atom. The molecule has 1 amide bonds. The summed E-state index contributed by atoms with van der Waals surface area (Å²) in [5, 5.41) is 1.09. The molecule has 0 N–H and O–H groups in total. The average molecular weight is 341 g/mol. The summed E-state index contributed by atoms with van der Waals surface area (Å²) < 4.78 is 10.9. The zero-order valence-corrected chi connectivity index (χ0v) is 14.7. The van der Waals surface area contributed by atoms with Crippen molar-refractivity contribution in [3.63, 3.8) is 0 Å². The van der Waals surface area contributed by atoms with E-state index in [0.717, 1.165) is 54.9 Å². The molecule has 0 radical (unpaired) electrons. The molecule has 1 aromatic carbocycles. The van der Waals surface area contributed by atoms with Crippen molar-refractivity contribution in [3.8, 4) is 5.88 Å². The Bertz CT molecular complexity index is 815. The van der Waals surface area contributed by atoms with Gasteiger partial charge in [0, 0.05) is 37.1 Å². The number of hydrogen-bond acceptors (Lipinski definition) is 5. The Balaban J connectivity index is 1.54. The van der Waals surface area contributed by atoms with Crippen LogP contribution in [-0.4, -0.2) is 60.3 Å². The minimum Gasteiger partial charge on any atom is -0.391 e. The molecule has 3 heterocycles. The predicted octanol–water partition coefficient (Wildman–Crippen LogP) is 2.50. The van der Waals surface area contributed by atoms with Gasteiger partial charge in [0.15, 0.2) is 0 Å². The van der Waals surface area contributed by atoms with Crippen molar-refractivity contribution in [1.82, 2.24) is 14.8 Å². The highest BCUT2D eigenvalue weighted by Gasteiger charge is 2.27. The number of fused-ring (bicyclic) bond motifs is 2. The van der Waals surface area contributed by atoms with Crippen molar-refractivity contribution in [3.05, 3.63) is 34.9 Å². The molecule has 25 heavy (non-hydrogen) atoms. The van der Waals surface area contributed by atoms with E-state index in [1.54, 1.807) is 4.90 Å². The Morgan fingerprint density at radius 1 is 1.16 bits per heavy atom. The SMILES string of the molecule is Cc1ccc2cc3c(nc2c1C)OC(=O)N(CCN1CCOCC1)C3. The van der Waals surface area contributed by atoms with E-state index >= 15 is 0 Å². The molecule has 0 atom stereocenters. The van der Waals surface area contributed by atoms with Crippen molar-refractivity contribution in [2.45, 2.75) is 20.4 Å². The molecule has 0 unspecified atom stereocenters. The molecule has 0 bridgehead atoms. The minimum atomic E-state index is -0.307. The van der Waals surface area contributed by atoms with Crippen LogP contribution in [0.5, 0.6) is 5.88 Å². The number of morpholine rings is 1. The van der Waals surface area contributed by atoms with E-state index in [1.807, 2.05) is 0 Å². The quantitative estimate of drug-likeness (QED) is 0.858. The minimum absolute atomic E-state index is 0.307. The monoisotopic (exact) mass is 341 g/mol. The fourth-order valence-corrected chi connectivity index (χ4v) is 3.39. The van der Waals surface area contributed by atoms with E-state index in [0.29, 0.717) is 19.0 Å². The first kappa shape index (κ1) is 16.3.